The molecule has 0 unspecified atom stereocenters. The second-order valence-corrected chi connectivity index (χ2v) is 9.95. The van der Waals surface area contributed by atoms with E-state index in [0.717, 1.165) is 51.1 Å². The van der Waals surface area contributed by atoms with Gasteiger partial charge >= 0.3 is 0 Å². The number of fused-ring (bicyclic) bond motifs is 4. The first-order chi connectivity index (χ1) is 14.6. The number of hydrogen-bond donors (Lipinski definition) is 1. The Morgan fingerprint density at radius 3 is 3.10 bits per heavy atom. The molecule has 0 fully saturated rings. The lowest BCUT2D eigenvalue weighted by Crippen LogP contribution is -2.28. The minimum Gasteiger partial charge on any atom is -0.454 e. The van der Waals surface area contributed by atoms with Crippen molar-refractivity contribution >= 4 is 39.2 Å². The predicted molar refractivity (Wildman–Crippen MR) is 118 cm³/mol. The van der Waals surface area contributed by atoms with Crippen molar-refractivity contribution in [1.29, 1.82) is 0 Å². The molecule has 0 bridgehead atoms. The summed E-state index contributed by atoms with van der Waals surface area (Å²) in [6, 6.07) is 5.65. The zero-order chi connectivity index (χ0) is 20.7. The molecular formula is C22H23N3O3S2. The van der Waals surface area contributed by atoms with Gasteiger partial charge in [0, 0.05) is 10.3 Å². The van der Waals surface area contributed by atoms with Crippen molar-refractivity contribution in [3.8, 4) is 11.5 Å². The fraction of sp³-hybridized carbons (Fsp3) is 0.409. The van der Waals surface area contributed by atoms with E-state index < -0.39 is 0 Å². The third kappa shape index (κ3) is 3.74. The number of amides is 1. The van der Waals surface area contributed by atoms with E-state index in [1.807, 2.05) is 25.1 Å². The Bertz CT molecular complexity index is 1110. The van der Waals surface area contributed by atoms with Gasteiger partial charge in [0.1, 0.15) is 16.2 Å². The molecule has 0 spiro atoms. The summed E-state index contributed by atoms with van der Waals surface area (Å²) in [5.41, 5.74) is 2.38. The second-order valence-electron chi connectivity index (χ2n) is 7.90. The number of rotatable bonds is 5. The van der Waals surface area contributed by atoms with Gasteiger partial charge in [-0.15, -0.1) is 11.3 Å². The van der Waals surface area contributed by atoms with Gasteiger partial charge in [-0.25, -0.2) is 9.97 Å². The molecule has 2 aromatic heterocycles. The zero-order valence-electron chi connectivity index (χ0n) is 16.9. The van der Waals surface area contributed by atoms with Crippen LogP contribution in [0.25, 0.3) is 10.2 Å². The maximum atomic E-state index is 12.6. The zero-order valence-corrected chi connectivity index (χ0v) is 18.6. The van der Waals surface area contributed by atoms with E-state index >= 15 is 0 Å². The lowest BCUT2D eigenvalue weighted by Gasteiger charge is -2.18. The van der Waals surface area contributed by atoms with Crippen molar-refractivity contribution < 1.29 is 14.3 Å². The van der Waals surface area contributed by atoms with Crippen LogP contribution < -0.4 is 14.8 Å². The molecule has 1 aliphatic heterocycles. The monoisotopic (exact) mass is 441 g/mol. The highest BCUT2D eigenvalue weighted by atomic mass is 32.2. The number of hydrogen-bond acceptors (Lipinski definition) is 7. The number of ether oxygens (including phenoxy) is 2. The maximum absolute atomic E-state index is 12.6. The van der Waals surface area contributed by atoms with Crippen molar-refractivity contribution in [2.24, 2.45) is 5.92 Å². The Labute approximate surface area is 183 Å². The standard InChI is InChI=1S/C22H23N3O3S2/c1-12-3-5-15-18(7-12)30-22-20(15)21(23-10-24-22)29-9-19(26)25-13(2)14-4-6-16-17(8-14)28-11-27-16/h4,6,8,10,12-13H,3,5,7,9,11H2,1-2H3,(H,25,26)/t12-,13+/m0/s1. The average Bonchev–Trinajstić information content (AvgIpc) is 3.35. The fourth-order valence-corrected chi connectivity index (χ4v) is 6.29. The van der Waals surface area contributed by atoms with E-state index in [1.165, 1.54) is 28.6 Å². The van der Waals surface area contributed by atoms with Crippen molar-refractivity contribution in [2.75, 3.05) is 12.5 Å². The van der Waals surface area contributed by atoms with Gasteiger partial charge in [0.25, 0.3) is 0 Å². The number of nitrogens with one attached hydrogen (secondary N) is 1. The molecule has 1 amide bonds. The Kier molecular flexibility index (Phi) is 5.28. The van der Waals surface area contributed by atoms with Gasteiger partial charge in [-0.3, -0.25) is 4.79 Å². The summed E-state index contributed by atoms with van der Waals surface area (Å²) in [4.78, 5) is 24.1. The highest BCUT2D eigenvalue weighted by molar-refractivity contribution is 8.00. The van der Waals surface area contributed by atoms with Crippen molar-refractivity contribution in [3.05, 3.63) is 40.5 Å². The first kappa shape index (κ1) is 19.6. The van der Waals surface area contributed by atoms with E-state index in [-0.39, 0.29) is 18.7 Å². The highest BCUT2D eigenvalue weighted by Gasteiger charge is 2.23. The highest BCUT2D eigenvalue weighted by Crippen LogP contribution is 2.40. The van der Waals surface area contributed by atoms with Gasteiger partial charge in [0.15, 0.2) is 11.5 Å². The molecule has 1 aromatic carbocycles. The number of aryl methyl sites for hydroxylation is 1. The Morgan fingerprint density at radius 1 is 1.33 bits per heavy atom. The minimum atomic E-state index is -0.117. The molecule has 3 heterocycles. The first-order valence-corrected chi connectivity index (χ1v) is 12.0. The van der Waals surface area contributed by atoms with Crippen molar-refractivity contribution in [2.45, 2.75) is 44.2 Å². The van der Waals surface area contributed by atoms with Gasteiger partial charge in [0.2, 0.25) is 12.7 Å². The average molecular weight is 442 g/mol. The van der Waals surface area contributed by atoms with Crippen LogP contribution in [0.15, 0.2) is 29.6 Å². The molecule has 3 aromatic rings. The van der Waals surface area contributed by atoms with Crippen LogP contribution in [-0.2, 0) is 17.6 Å². The number of thiophene rings is 1. The van der Waals surface area contributed by atoms with E-state index in [1.54, 1.807) is 17.7 Å². The summed E-state index contributed by atoms with van der Waals surface area (Å²) in [7, 11) is 0. The predicted octanol–water partition coefficient (Wildman–Crippen LogP) is 4.51. The molecule has 5 rings (SSSR count). The van der Waals surface area contributed by atoms with Crippen molar-refractivity contribution in [3.63, 3.8) is 0 Å². The molecule has 8 heteroatoms. The summed E-state index contributed by atoms with van der Waals surface area (Å²) in [6.07, 6.45) is 5.01. The summed E-state index contributed by atoms with van der Waals surface area (Å²) in [6.45, 7) is 4.52. The van der Waals surface area contributed by atoms with Crippen LogP contribution in [0.4, 0.5) is 0 Å². The fourth-order valence-electron chi connectivity index (χ4n) is 4.04. The third-order valence-corrected chi connectivity index (χ3v) is 7.82. The van der Waals surface area contributed by atoms with Gasteiger partial charge in [-0.05, 0) is 55.4 Å². The van der Waals surface area contributed by atoms with Crippen LogP contribution in [-0.4, -0.2) is 28.4 Å². The largest absolute Gasteiger partial charge is 0.454 e. The number of benzene rings is 1. The molecule has 0 saturated carbocycles. The second kappa shape index (κ2) is 8.07. The van der Waals surface area contributed by atoms with E-state index in [2.05, 4.69) is 22.2 Å². The van der Waals surface area contributed by atoms with Crippen LogP contribution in [0.2, 0.25) is 0 Å². The van der Waals surface area contributed by atoms with E-state index in [0.29, 0.717) is 5.75 Å². The summed E-state index contributed by atoms with van der Waals surface area (Å²) in [5.74, 6) is 2.49. The molecule has 6 nitrogen and oxygen atoms in total. The Balaban J connectivity index is 1.27. The number of nitrogens with zero attached hydrogens (tertiary/aromatic N) is 2. The van der Waals surface area contributed by atoms with E-state index in [4.69, 9.17) is 9.47 Å². The molecule has 1 aliphatic carbocycles. The Morgan fingerprint density at radius 2 is 2.20 bits per heavy atom. The van der Waals surface area contributed by atoms with Crippen molar-refractivity contribution in [1.82, 2.24) is 15.3 Å². The van der Waals surface area contributed by atoms with Gasteiger partial charge in [-0.1, -0.05) is 24.8 Å². The third-order valence-electron chi connectivity index (χ3n) is 5.67. The topological polar surface area (TPSA) is 73.3 Å². The Hall–Kier alpha value is -2.32. The lowest BCUT2D eigenvalue weighted by atomic mass is 9.89. The molecule has 0 radical (unpaired) electrons. The number of thioether (sulfide) groups is 1. The SMILES string of the molecule is C[C@H]1CCc2c(sc3ncnc(SCC(=O)N[C@H](C)c4ccc5c(c4)OCO5)c23)C1. The van der Waals surface area contributed by atoms with Gasteiger partial charge in [-0.2, -0.15) is 0 Å². The van der Waals surface area contributed by atoms with Crippen LogP contribution >= 0.6 is 23.1 Å². The van der Waals surface area contributed by atoms with Crippen LogP contribution in [0.1, 0.15) is 42.3 Å². The van der Waals surface area contributed by atoms with E-state index in [9.17, 15) is 4.79 Å². The molecular weight excluding hydrogens is 418 g/mol. The molecule has 30 heavy (non-hydrogen) atoms. The molecule has 1 N–H and O–H groups in total. The van der Waals surface area contributed by atoms with Crippen LogP contribution in [0.3, 0.4) is 0 Å². The first-order valence-electron chi connectivity index (χ1n) is 10.2. The number of carbonyl (C=O) groups is 1. The number of aromatic nitrogens is 2. The van der Waals surface area contributed by atoms with Gasteiger partial charge < -0.3 is 14.8 Å². The van der Waals surface area contributed by atoms with Crippen LogP contribution in [0.5, 0.6) is 11.5 Å². The van der Waals surface area contributed by atoms with Crippen LogP contribution in [0, 0.1) is 5.92 Å². The summed E-state index contributed by atoms with van der Waals surface area (Å²) >= 11 is 3.27. The molecule has 156 valence electrons. The molecule has 2 atom stereocenters. The summed E-state index contributed by atoms with van der Waals surface area (Å²) < 4.78 is 10.8. The maximum Gasteiger partial charge on any atom is 0.231 e. The quantitative estimate of drug-likeness (QED) is 0.464. The minimum absolute atomic E-state index is 0.0188. The molecule has 2 aliphatic rings. The summed E-state index contributed by atoms with van der Waals surface area (Å²) in [5, 5.41) is 5.14. The smallest absolute Gasteiger partial charge is 0.231 e. The molecule has 0 saturated heterocycles. The normalized spacial score (nSPS) is 18.3. The lowest BCUT2D eigenvalue weighted by molar-refractivity contribution is -0.119. The number of carbonyl (C=O) groups excluding carboxylic acids is 1. The van der Waals surface area contributed by atoms with Gasteiger partial charge in [0.05, 0.1) is 11.8 Å².